The first kappa shape index (κ1) is 10.3. The summed E-state index contributed by atoms with van der Waals surface area (Å²) in [5, 5.41) is 0. The zero-order valence-corrected chi connectivity index (χ0v) is 9.15. The van der Waals surface area contributed by atoms with Crippen molar-refractivity contribution in [3.63, 3.8) is 0 Å². The van der Waals surface area contributed by atoms with Crippen molar-refractivity contribution in [3.8, 4) is 5.75 Å². The number of para-hydroxylation sites is 2. The zero-order chi connectivity index (χ0) is 10.7. The molecule has 0 unspecified atom stereocenters. The van der Waals surface area contributed by atoms with Crippen molar-refractivity contribution in [3.05, 3.63) is 31.3 Å². The first-order valence-electron chi connectivity index (χ1n) is 5.24. The van der Waals surface area contributed by atoms with Crippen molar-refractivity contribution in [2.24, 2.45) is 0 Å². The van der Waals surface area contributed by atoms with Crippen LogP contribution in [0.15, 0.2) is 24.3 Å². The summed E-state index contributed by atoms with van der Waals surface area (Å²) < 4.78 is 5.35. The maximum absolute atomic E-state index is 5.35. The lowest BCUT2D eigenvalue weighted by Gasteiger charge is -2.38. The van der Waals surface area contributed by atoms with Crippen LogP contribution in [0, 0.1) is 7.05 Å². The van der Waals surface area contributed by atoms with Crippen LogP contribution in [-0.2, 0) is 0 Å². The Morgan fingerprint density at radius 3 is 2.47 bits per heavy atom. The Morgan fingerprint density at radius 1 is 1.13 bits per heavy atom. The molecule has 3 nitrogen and oxygen atoms in total. The number of hydrogen-bond acceptors (Lipinski definition) is 3. The first-order valence-corrected chi connectivity index (χ1v) is 5.24. The van der Waals surface area contributed by atoms with Crippen LogP contribution in [0.4, 0.5) is 5.69 Å². The number of ether oxygens (including phenoxy) is 1. The van der Waals surface area contributed by atoms with E-state index < -0.39 is 0 Å². The van der Waals surface area contributed by atoms with Crippen LogP contribution >= 0.6 is 0 Å². The number of nitrogens with zero attached hydrogens (tertiary/aromatic N) is 2. The van der Waals surface area contributed by atoms with Gasteiger partial charge in [0, 0.05) is 13.1 Å². The number of piperazine rings is 1. The van der Waals surface area contributed by atoms with Crippen molar-refractivity contribution >= 4 is 5.69 Å². The van der Waals surface area contributed by atoms with Gasteiger partial charge in [0.05, 0.1) is 12.8 Å². The van der Waals surface area contributed by atoms with E-state index in [9.17, 15) is 0 Å². The molecule has 82 valence electrons. The van der Waals surface area contributed by atoms with Gasteiger partial charge >= 0.3 is 0 Å². The molecule has 0 spiro atoms. The van der Waals surface area contributed by atoms with Gasteiger partial charge in [0.15, 0.2) is 0 Å². The molecule has 0 N–H and O–H groups in total. The van der Waals surface area contributed by atoms with Crippen LogP contribution in [0.1, 0.15) is 0 Å². The van der Waals surface area contributed by atoms with Gasteiger partial charge in [0.25, 0.3) is 0 Å². The van der Waals surface area contributed by atoms with Crippen molar-refractivity contribution in [1.29, 1.82) is 0 Å². The van der Waals surface area contributed by atoms with Crippen molar-refractivity contribution < 1.29 is 4.74 Å². The fourth-order valence-electron chi connectivity index (χ4n) is 1.88. The predicted octanol–water partition coefficient (Wildman–Crippen LogP) is 1.61. The minimum Gasteiger partial charge on any atom is -0.495 e. The Bertz CT molecular complexity index is 319. The molecule has 0 aliphatic carbocycles. The van der Waals surface area contributed by atoms with Crippen molar-refractivity contribution in [2.75, 3.05) is 38.2 Å². The molecule has 2 rings (SSSR count). The van der Waals surface area contributed by atoms with Gasteiger partial charge in [0.1, 0.15) is 5.75 Å². The van der Waals surface area contributed by atoms with Crippen LogP contribution in [-0.4, -0.2) is 38.2 Å². The normalized spacial score (nSPS) is 17.9. The van der Waals surface area contributed by atoms with E-state index in [2.05, 4.69) is 29.0 Å². The molecule has 1 aromatic carbocycles. The minimum atomic E-state index is 0.954. The highest BCUT2D eigenvalue weighted by Crippen LogP contribution is 2.28. The van der Waals surface area contributed by atoms with Crippen LogP contribution in [0.3, 0.4) is 0 Å². The van der Waals surface area contributed by atoms with E-state index in [1.165, 1.54) is 5.69 Å². The van der Waals surface area contributed by atoms with E-state index in [0.717, 1.165) is 31.9 Å². The summed E-state index contributed by atoms with van der Waals surface area (Å²) in [5.74, 6) is 0.954. The van der Waals surface area contributed by atoms with Crippen molar-refractivity contribution in [2.45, 2.75) is 0 Å². The summed E-state index contributed by atoms with van der Waals surface area (Å²) >= 11 is 0. The SMILES string of the molecule is [CH2-]N1CCN(c2ccccc2OC)CC1. The lowest BCUT2D eigenvalue weighted by molar-refractivity contribution is 0.341. The molecule has 1 aromatic rings. The number of benzene rings is 1. The Morgan fingerprint density at radius 2 is 1.80 bits per heavy atom. The molecule has 15 heavy (non-hydrogen) atoms. The Hall–Kier alpha value is -1.22. The molecule has 1 fully saturated rings. The van der Waals surface area contributed by atoms with Crippen LogP contribution in [0.2, 0.25) is 0 Å². The maximum atomic E-state index is 5.35. The maximum Gasteiger partial charge on any atom is 0.142 e. The van der Waals surface area contributed by atoms with Gasteiger partial charge in [0.2, 0.25) is 0 Å². The molecular formula is C12H17N2O-. The summed E-state index contributed by atoms with van der Waals surface area (Å²) in [6.45, 7) is 4.06. The van der Waals surface area contributed by atoms with Crippen LogP contribution < -0.4 is 9.64 Å². The van der Waals surface area contributed by atoms with Gasteiger partial charge in [-0.1, -0.05) is 12.1 Å². The fourth-order valence-corrected chi connectivity index (χ4v) is 1.88. The summed E-state index contributed by atoms with van der Waals surface area (Å²) in [5.41, 5.74) is 1.19. The second-order valence-corrected chi connectivity index (χ2v) is 3.78. The number of rotatable bonds is 2. The van der Waals surface area contributed by atoms with Gasteiger partial charge in [-0.2, -0.15) is 0 Å². The molecule has 0 radical (unpaired) electrons. The molecule has 0 aromatic heterocycles. The van der Waals surface area contributed by atoms with Crippen LogP contribution in [0.5, 0.6) is 5.75 Å². The fraction of sp³-hybridized carbons (Fsp3) is 0.417. The van der Waals surface area contributed by atoms with Gasteiger partial charge in [-0.15, -0.1) is 0 Å². The lowest BCUT2D eigenvalue weighted by atomic mass is 10.2. The van der Waals surface area contributed by atoms with E-state index in [1.807, 2.05) is 12.1 Å². The Balaban J connectivity index is 2.15. The highest BCUT2D eigenvalue weighted by molar-refractivity contribution is 5.58. The third-order valence-corrected chi connectivity index (χ3v) is 2.80. The third kappa shape index (κ3) is 2.23. The summed E-state index contributed by atoms with van der Waals surface area (Å²) in [4.78, 5) is 4.45. The molecule has 1 aliphatic rings. The number of methoxy groups -OCH3 is 1. The minimum absolute atomic E-state index is 0.954. The standard InChI is InChI=1S/C12H17N2O/c1-13-7-9-14(10-8-13)11-5-3-4-6-12(11)15-2/h3-6H,1,7-10H2,2H3/q-1. The molecular weight excluding hydrogens is 188 g/mol. The predicted molar refractivity (Wildman–Crippen MR) is 62.1 cm³/mol. The van der Waals surface area contributed by atoms with E-state index in [4.69, 9.17) is 4.74 Å². The van der Waals surface area contributed by atoms with E-state index in [1.54, 1.807) is 7.11 Å². The van der Waals surface area contributed by atoms with Crippen molar-refractivity contribution in [1.82, 2.24) is 4.90 Å². The first-order chi connectivity index (χ1) is 7.31. The molecule has 1 saturated heterocycles. The second kappa shape index (κ2) is 4.53. The third-order valence-electron chi connectivity index (χ3n) is 2.80. The monoisotopic (exact) mass is 205 g/mol. The van der Waals surface area contributed by atoms with Gasteiger partial charge < -0.3 is 14.5 Å². The molecule has 0 atom stereocenters. The Labute approximate surface area is 91.2 Å². The summed E-state index contributed by atoms with van der Waals surface area (Å²) in [6.07, 6.45) is 0. The Kier molecular flexibility index (Phi) is 3.11. The number of anilines is 1. The van der Waals surface area contributed by atoms with E-state index in [-0.39, 0.29) is 0 Å². The van der Waals surface area contributed by atoms with E-state index >= 15 is 0 Å². The quantitative estimate of drug-likeness (QED) is 0.682. The van der Waals surface area contributed by atoms with Crippen LogP contribution in [0.25, 0.3) is 0 Å². The number of hydrogen-bond donors (Lipinski definition) is 0. The molecule has 3 heteroatoms. The smallest absolute Gasteiger partial charge is 0.142 e. The second-order valence-electron chi connectivity index (χ2n) is 3.78. The topological polar surface area (TPSA) is 15.7 Å². The van der Waals surface area contributed by atoms with E-state index in [0.29, 0.717) is 0 Å². The molecule has 0 saturated carbocycles. The molecule has 1 heterocycles. The lowest BCUT2D eigenvalue weighted by Crippen LogP contribution is -2.43. The largest absolute Gasteiger partial charge is 0.495 e. The van der Waals surface area contributed by atoms with Gasteiger partial charge in [-0.05, 0) is 25.2 Å². The summed E-state index contributed by atoms with van der Waals surface area (Å²) in [6, 6.07) is 8.16. The average molecular weight is 205 g/mol. The zero-order valence-electron chi connectivity index (χ0n) is 9.15. The highest BCUT2D eigenvalue weighted by atomic mass is 16.5. The molecule has 1 aliphatic heterocycles. The average Bonchev–Trinajstić information content (AvgIpc) is 2.30. The highest BCUT2D eigenvalue weighted by Gasteiger charge is 2.14. The molecule has 0 bridgehead atoms. The molecule has 0 amide bonds. The summed E-state index contributed by atoms with van der Waals surface area (Å²) in [7, 11) is 5.66. The van der Waals surface area contributed by atoms with Gasteiger partial charge in [-0.3, -0.25) is 7.05 Å². The van der Waals surface area contributed by atoms with Gasteiger partial charge in [-0.25, -0.2) is 0 Å².